The molecule has 0 fully saturated rings. The third-order valence-electron chi connectivity index (χ3n) is 4.80. The standard InChI is InChI=1S/C20H29ClN2O2/c1-5-7-11-23(12-8-6-2)13-15-14(3)22-19-17(25-4)10-9-16(21)18(19)20(15)24/h9-10H,5-8,11-13H2,1-4H3,(H,22,24)/p+1. The van der Waals surface area contributed by atoms with Crippen molar-refractivity contribution in [1.82, 2.24) is 4.98 Å². The lowest BCUT2D eigenvalue weighted by atomic mass is 10.1. The number of unbranched alkanes of at least 4 members (excludes halogenated alkanes) is 2. The van der Waals surface area contributed by atoms with Gasteiger partial charge in [0.1, 0.15) is 12.3 Å². The van der Waals surface area contributed by atoms with Gasteiger partial charge in [0, 0.05) is 5.69 Å². The Hall–Kier alpha value is -1.52. The molecule has 0 unspecified atom stereocenters. The van der Waals surface area contributed by atoms with E-state index >= 15 is 0 Å². The van der Waals surface area contributed by atoms with Crippen LogP contribution in [0.1, 0.15) is 50.8 Å². The average molecular weight is 366 g/mol. The van der Waals surface area contributed by atoms with Gasteiger partial charge in [-0.15, -0.1) is 0 Å². The molecule has 2 rings (SSSR count). The predicted molar refractivity (Wildman–Crippen MR) is 105 cm³/mol. The fraction of sp³-hybridized carbons (Fsp3) is 0.550. The molecule has 1 heterocycles. The molecule has 0 spiro atoms. The Bertz CT molecular complexity index is 762. The number of ether oxygens (including phenoxy) is 1. The molecule has 0 bridgehead atoms. The van der Waals surface area contributed by atoms with Crippen LogP contribution in [0.4, 0.5) is 0 Å². The van der Waals surface area contributed by atoms with E-state index in [2.05, 4.69) is 18.8 Å². The Morgan fingerprint density at radius 3 is 2.36 bits per heavy atom. The van der Waals surface area contributed by atoms with Gasteiger partial charge in [0.15, 0.2) is 5.43 Å². The number of quaternary nitrogens is 1. The van der Waals surface area contributed by atoms with Crippen LogP contribution in [-0.2, 0) is 6.54 Å². The van der Waals surface area contributed by atoms with E-state index in [1.54, 1.807) is 19.2 Å². The van der Waals surface area contributed by atoms with Gasteiger partial charge < -0.3 is 14.6 Å². The van der Waals surface area contributed by atoms with Crippen LogP contribution < -0.4 is 15.1 Å². The summed E-state index contributed by atoms with van der Waals surface area (Å²) in [6.45, 7) is 9.31. The monoisotopic (exact) mass is 365 g/mol. The molecule has 4 nitrogen and oxygen atoms in total. The molecule has 0 saturated carbocycles. The molecule has 138 valence electrons. The van der Waals surface area contributed by atoms with Crippen molar-refractivity contribution in [2.45, 2.75) is 53.0 Å². The highest BCUT2D eigenvalue weighted by Gasteiger charge is 2.19. The average Bonchev–Trinajstić information content (AvgIpc) is 2.60. The maximum Gasteiger partial charge on any atom is 0.200 e. The van der Waals surface area contributed by atoms with Gasteiger partial charge in [-0.05, 0) is 31.9 Å². The van der Waals surface area contributed by atoms with Crippen LogP contribution in [0.3, 0.4) is 0 Å². The Morgan fingerprint density at radius 1 is 1.16 bits per heavy atom. The van der Waals surface area contributed by atoms with Crippen LogP contribution in [0.5, 0.6) is 5.75 Å². The van der Waals surface area contributed by atoms with Crippen LogP contribution in [0.25, 0.3) is 10.9 Å². The molecule has 0 aliphatic heterocycles. The lowest BCUT2D eigenvalue weighted by molar-refractivity contribution is -0.914. The molecule has 2 N–H and O–H groups in total. The minimum atomic E-state index is 0.0284. The molecule has 0 amide bonds. The van der Waals surface area contributed by atoms with Gasteiger partial charge in [0.2, 0.25) is 0 Å². The summed E-state index contributed by atoms with van der Waals surface area (Å²) in [5.74, 6) is 0.646. The summed E-state index contributed by atoms with van der Waals surface area (Å²) >= 11 is 6.34. The van der Waals surface area contributed by atoms with Crippen molar-refractivity contribution in [3.63, 3.8) is 0 Å². The zero-order valence-electron chi connectivity index (χ0n) is 15.8. The summed E-state index contributed by atoms with van der Waals surface area (Å²) < 4.78 is 5.39. The SMILES string of the molecule is CCCC[NH+](CCCC)Cc1c(C)[nH]c2c(OC)ccc(Cl)c2c1=O. The van der Waals surface area contributed by atoms with Crippen molar-refractivity contribution in [3.05, 3.63) is 38.6 Å². The molecule has 5 heteroatoms. The van der Waals surface area contributed by atoms with E-state index in [0.717, 1.165) is 30.9 Å². The van der Waals surface area contributed by atoms with Crippen LogP contribution >= 0.6 is 11.6 Å². The molecule has 2 aromatic rings. The van der Waals surface area contributed by atoms with E-state index in [9.17, 15) is 4.79 Å². The molecule has 0 atom stereocenters. The number of nitrogens with one attached hydrogen (secondary N) is 2. The number of aromatic nitrogens is 1. The number of H-pyrrole nitrogens is 1. The number of aromatic amines is 1. The van der Waals surface area contributed by atoms with E-state index in [0.29, 0.717) is 21.7 Å². The first-order chi connectivity index (χ1) is 12.0. The van der Waals surface area contributed by atoms with E-state index in [4.69, 9.17) is 16.3 Å². The van der Waals surface area contributed by atoms with Gasteiger partial charge >= 0.3 is 0 Å². The zero-order chi connectivity index (χ0) is 18.4. The van der Waals surface area contributed by atoms with Crippen molar-refractivity contribution in [1.29, 1.82) is 0 Å². The molecule has 1 aromatic carbocycles. The highest BCUT2D eigenvalue weighted by Crippen LogP contribution is 2.28. The molecule has 0 radical (unpaired) electrons. The first kappa shape index (κ1) is 19.8. The fourth-order valence-electron chi connectivity index (χ4n) is 3.28. The largest absolute Gasteiger partial charge is 0.495 e. The van der Waals surface area contributed by atoms with Crippen molar-refractivity contribution in [2.75, 3.05) is 20.2 Å². The highest BCUT2D eigenvalue weighted by molar-refractivity contribution is 6.35. The Morgan fingerprint density at radius 2 is 1.80 bits per heavy atom. The second-order valence-electron chi connectivity index (χ2n) is 6.69. The molecular formula is C20H30ClN2O2+. The quantitative estimate of drug-likeness (QED) is 0.714. The van der Waals surface area contributed by atoms with E-state index < -0.39 is 0 Å². The van der Waals surface area contributed by atoms with E-state index in [-0.39, 0.29) is 5.43 Å². The number of methoxy groups -OCH3 is 1. The second-order valence-corrected chi connectivity index (χ2v) is 7.10. The number of hydrogen-bond donors (Lipinski definition) is 2. The first-order valence-corrected chi connectivity index (χ1v) is 9.62. The number of pyridine rings is 1. The number of halogens is 1. The number of rotatable bonds is 9. The normalized spacial score (nSPS) is 11.4. The van der Waals surface area contributed by atoms with Crippen molar-refractivity contribution < 1.29 is 9.64 Å². The lowest BCUT2D eigenvalue weighted by Crippen LogP contribution is -3.10. The summed E-state index contributed by atoms with van der Waals surface area (Å²) in [7, 11) is 1.60. The summed E-state index contributed by atoms with van der Waals surface area (Å²) in [5, 5.41) is 1.01. The first-order valence-electron chi connectivity index (χ1n) is 9.24. The predicted octanol–water partition coefficient (Wildman–Crippen LogP) is 3.48. The van der Waals surface area contributed by atoms with Gasteiger partial charge in [-0.2, -0.15) is 0 Å². The van der Waals surface area contributed by atoms with Crippen molar-refractivity contribution in [2.24, 2.45) is 0 Å². The van der Waals surface area contributed by atoms with Crippen LogP contribution in [-0.4, -0.2) is 25.2 Å². The summed E-state index contributed by atoms with van der Waals surface area (Å²) in [4.78, 5) is 18.0. The van der Waals surface area contributed by atoms with Crippen molar-refractivity contribution in [3.8, 4) is 5.75 Å². The summed E-state index contributed by atoms with van der Waals surface area (Å²) in [6.07, 6.45) is 4.70. The van der Waals surface area contributed by atoms with Gasteiger partial charge in [-0.1, -0.05) is 38.3 Å². The molecule has 25 heavy (non-hydrogen) atoms. The second kappa shape index (κ2) is 9.25. The number of aryl methyl sites for hydroxylation is 1. The van der Waals surface area contributed by atoms with Crippen LogP contribution in [0.2, 0.25) is 5.02 Å². The fourth-order valence-corrected chi connectivity index (χ4v) is 3.52. The molecular weight excluding hydrogens is 336 g/mol. The zero-order valence-corrected chi connectivity index (χ0v) is 16.6. The molecule has 0 saturated heterocycles. The number of fused-ring (bicyclic) bond motifs is 1. The summed E-state index contributed by atoms with van der Waals surface area (Å²) in [5.41, 5.74) is 2.46. The third kappa shape index (κ3) is 4.56. The molecule has 0 aliphatic carbocycles. The molecule has 1 aromatic heterocycles. The van der Waals surface area contributed by atoms with Gasteiger partial charge in [0.05, 0.1) is 41.7 Å². The maximum absolute atomic E-state index is 13.1. The topological polar surface area (TPSA) is 46.5 Å². The Labute approximate surface area is 155 Å². The smallest absolute Gasteiger partial charge is 0.200 e. The van der Waals surface area contributed by atoms with E-state index in [1.807, 2.05) is 6.92 Å². The molecule has 0 aliphatic rings. The van der Waals surface area contributed by atoms with Crippen LogP contribution in [0, 0.1) is 6.92 Å². The highest BCUT2D eigenvalue weighted by atomic mass is 35.5. The lowest BCUT2D eigenvalue weighted by Gasteiger charge is -2.20. The third-order valence-corrected chi connectivity index (χ3v) is 5.11. The minimum absolute atomic E-state index is 0.0284. The van der Waals surface area contributed by atoms with Gasteiger partial charge in [0.25, 0.3) is 0 Å². The van der Waals surface area contributed by atoms with E-state index in [1.165, 1.54) is 30.6 Å². The maximum atomic E-state index is 13.1. The number of benzene rings is 1. The van der Waals surface area contributed by atoms with Gasteiger partial charge in [-0.3, -0.25) is 4.79 Å². The van der Waals surface area contributed by atoms with Crippen LogP contribution in [0.15, 0.2) is 16.9 Å². The Balaban J connectivity index is 2.46. The minimum Gasteiger partial charge on any atom is -0.495 e. The van der Waals surface area contributed by atoms with Gasteiger partial charge in [-0.25, -0.2) is 0 Å². The summed E-state index contributed by atoms with van der Waals surface area (Å²) in [6, 6.07) is 3.52. The Kier molecular flexibility index (Phi) is 7.33. The van der Waals surface area contributed by atoms with Crippen molar-refractivity contribution >= 4 is 22.5 Å². The number of hydrogen-bond acceptors (Lipinski definition) is 2.